The Morgan fingerprint density at radius 1 is 1.33 bits per heavy atom. The normalized spacial score (nSPS) is 17.3. The maximum absolute atomic E-state index is 11.3. The number of hydrogen-bond acceptors (Lipinski definition) is 2. The van der Waals surface area contributed by atoms with E-state index in [4.69, 9.17) is 0 Å². The van der Waals surface area contributed by atoms with E-state index in [0.29, 0.717) is 12.6 Å². The molecule has 2 N–H and O–H groups in total. The van der Waals surface area contributed by atoms with Gasteiger partial charge in [-0.05, 0) is 24.0 Å². The fourth-order valence-corrected chi connectivity index (χ4v) is 2.34. The molecule has 0 fully saturated rings. The van der Waals surface area contributed by atoms with Crippen molar-refractivity contribution in [3.05, 3.63) is 35.4 Å². The van der Waals surface area contributed by atoms with Gasteiger partial charge < -0.3 is 15.5 Å². The zero-order valence-electron chi connectivity index (χ0n) is 11.1. The van der Waals surface area contributed by atoms with Gasteiger partial charge in [0.2, 0.25) is 0 Å². The van der Waals surface area contributed by atoms with E-state index >= 15 is 0 Å². The zero-order chi connectivity index (χ0) is 13.0. The molecule has 1 atom stereocenters. The molecule has 0 radical (unpaired) electrons. The van der Waals surface area contributed by atoms with Gasteiger partial charge in [0, 0.05) is 33.2 Å². The summed E-state index contributed by atoms with van der Waals surface area (Å²) in [6, 6.07) is 8.98. The largest absolute Gasteiger partial charge is 0.337 e. The van der Waals surface area contributed by atoms with Gasteiger partial charge in [-0.25, -0.2) is 4.79 Å². The average Bonchev–Trinajstić information content (AvgIpc) is 2.77. The van der Waals surface area contributed by atoms with E-state index in [9.17, 15) is 4.79 Å². The number of carbonyl (C=O) groups is 1. The lowest BCUT2D eigenvalue weighted by Crippen LogP contribution is -2.38. The third kappa shape index (κ3) is 3.01. The smallest absolute Gasteiger partial charge is 0.316 e. The molecule has 2 amide bonds. The highest BCUT2D eigenvalue weighted by atomic mass is 16.2. The summed E-state index contributed by atoms with van der Waals surface area (Å²) >= 11 is 0. The Labute approximate surface area is 108 Å². The van der Waals surface area contributed by atoms with Crippen LogP contribution in [0.3, 0.4) is 0 Å². The third-order valence-electron chi connectivity index (χ3n) is 3.33. The first kappa shape index (κ1) is 12.9. The quantitative estimate of drug-likeness (QED) is 0.793. The summed E-state index contributed by atoms with van der Waals surface area (Å²) in [7, 11) is 3.49. The summed E-state index contributed by atoms with van der Waals surface area (Å²) in [6.45, 7) is 1.47. The van der Waals surface area contributed by atoms with E-state index in [1.54, 1.807) is 19.0 Å². The van der Waals surface area contributed by atoms with Gasteiger partial charge in [-0.15, -0.1) is 0 Å². The molecule has 0 aliphatic heterocycles. The Hall–Kier alpha value is -1.55. The molecular weight excluding hydrogens is 226 g/mol. The van der Waals surface area contributed by atoms with Gasteiger partial charge in [0.15, 0.2) is 0 Å². The van der Waals surface area contributed by atoms with Gasteiger partial charge in [-0.1, -0.05) is 24.3 Å². The summed E-state index contributed by atoms with van der Waals surface area (Å²) in [5, 5.41) is 6.35. The maximum atomic E-state index is 11.3. The number of rotatable bonds is 4. The van der Waals surface area contributed by atoms with Crippen LogP contribution in [0.25, 0.3) is 0 Å². The molecule has 98 valence electrons. The van der Waals surface area contributed by atoms with E-state index < -0.39 is 0 Å². The van der Waals surface area contributed by atoms with Gasteiger partial charge in [-0.2, -0.15) is 0 Å². The third-order valence-corrected chi connectivity index (χ3v) is 3.33. The van der Waals surface area contributed by atoms with Crippen LogP contribution < -0.4 is 10.6 Å². The standard InChI is InChI=1S/C14H21N3O/c1-17(2)14(18)16-10-9-15-13-8-7-11-5-3-4-6-12(11)13/h3-6,13,15H,7-10H2,1-2H3,(H,16,18). The number of carbonyl (C=O) groups excluding carboxylic acids is 1. The minimum absolute atomic E-state index is 0.0383. The van der Waals surface area contributed by atoms with Crippen molar-refractivity contribution in [2.75, 3.05) is 27.2 Å². The second-order valence-corrected chi connectivity index (χ2v) is 4.87. The molecule has 1 aliphatic rings. The molecule has 1 aromatic carbocycles. The van der Waals surface area contributed by atoms with Crippen molar-refractivity contribution in [1.82, 2.24) is 15.5 Å². The van der Waals surface area contributed by atoms with Crippen molar-refractivity contribution in [1.29, 1.82) is 0 Å². The summed E-state index contributed by atoms with van der Waals surface area (Å²) in [4.78, 5) is 12.9. The molecule has 2 rings (SSSR count). The monoisotopic (exact) mass is 247 g/mol. The van der Waals surface area contributed by atoms with Crippen molar-refractivity contribution < 1.29 is 4.79 Å². The summed E-state index contributed by atoms with van der Waals surface area (Å²) in [5.41, 5.74) is 2.86. The number of benzene rings is 1. The molecule has 0 bridgehead atoms. The molecule has 0 saturated heterocycles. The van der Waals surface area contributed by atoms with Crippen molar-refractivity contribution in [2.24, 2.45) is 0 Å². The highest BCUT2D eigenvalue weighted by Gasteiger charge is 2.20. The number of nitrogens with zero attached hydrogens (tertiary/aromatic N) is 1. The van der Waals surface area contributed by atoms with E-state index in [0.717, 1.165) is 19.4 Å². The minimum Gasteiger partial charge on any atom is -0.337 e. The van der Waals surface area contributed by atoms with Crippen molar-refractivity contribution in [2.45, 2.75) is 18.9 Å². The predicted molar refractivity (Wildman–Crippen MR) is 72.6 cm³/mol. The van der Waals surface area contributed by atoms with Crippen LogP contribution in [0, 0.1) is 0 Å². The molecule has 4 heteroatoms. The maximum Gasteiger partial charge on any atom is 0.316 e. The van der Waals surface area contributed by atoms with Gasteiger partial charge in [0.05, 0.1) is 0 Å². The van der Waals surface area contributed by atoms with Crippen LogP contribution >= 0.6 is 0 Å². The predicted octanol–water partition coefficient (Wildman–Crippen LogP) is 1.53. The zero-order valence-corrected chi connectivity index (χ0v) is 11.1. The molecule has 1 aromatic rings. The van der Waals surface area contributed by atoms with E-state index in [2.05, 4.69) is 34.9 Å². The average molecular weight is 247 g/mol. The van der Waals surface area contributed by atoms with Crippen LogP contribution in [0.2, 0.25) is 0 Å². The lowest BCUT2D eigenvalue weighted by Gasteiger charge is -2.16. The number of nitrogens with one attached hydrogen (secondary N) is 2. The molecule has 4 nitrogen and oxygen atoms in total. The van der Waals surface area contributed by atoms with Gasteiger partial charge in [0.1, 0.15) is 0 Å². The van der Waals surface area contributed by atoms with Crippen molar-refractivity contribution >= 4 is 6.03 Å². The van der Waals surface area contributed by atoms with Crippen molar-refractivity contribution in [3.8, 4) is 0 Å². The summed E-state index contributed by atoms with van der Waals surface area (Å²) in [6.07, 6.45) is 2.30. The number of aryl methyl sites for hydroxylation is 1. The fraction of sp³-hybridized carbons (Fsp3) is 0.500. The van der Waals surface area contributed by atoms with Crippen LogP contribution in [-0.2, 0) is 6.42 Å². The molecule has 0 spiro atoms. The second-order valence-electron chi connectivity index (χ2n) is 4.87. The van der Waals surface area contributed by atoms with Gasteiger partial charge >= 0.3 is 6.03 Å². The van der Waals surface area contributed by atoms with Crippen LogP contribution in [-0.4, -0.2) is 38.1 Å². The van der Waals surface area contributed by atoms with Crippen LogP contribution in [0.5, 0.6) is 0 Å². The molecule has 0 aromatic heterocycles. The number of hydrogen-bond donors (Lipinski definition) is 2. The Balaban J connectivity index is 1.74. The van der Waals surface area contributed by atoms with Crippen LogP contribution in [0.4, 0.5) is 4.79 Å². The first-order chi connectivity index (χ1) is 8.68. The lowest BCUT2D eigenvalue weighted by molar-refractivity contribution is 0.217. The first-order valence-corrected chi connectivity index (χ1v) is 6.45. The lowest BCUT2D eigenvalue weighted by atomic mass is 10.1. The fourth-order valence-electron chi connectivity index (χ4n) is 2.34. The van der Waals surface area contributed by atoms with Gasteiger partial charge in [0.25, 0.3) is 0 Å². The van der Waals surface area contributed by atoms with Crippen molar-refractivity contribution in [3.63, 3.8) is 0 Å². The SMILES string of the molecule is CN(C)C(=O)NCCNC1CCc2ccccc21. The number of amides is 2. The van der Waals surface area contributed by atoms with Gasteiger partial charge in [-0.3, -0.25) is 0 Å². The highest BCUT2D eigenvalue weighted by Crippen LogP contribution is 2.30. The molecular formula is C14H21N3O. The van der Waals surface area contributed by atoms with Crippen LogP contribution in [0.1, 0.15) is 23.6 Å². The number of fused-ring (bicyclic) bond motifs is 1. The summed E-state index contributed by atoms with van der Waals surface area (Å²) in [5.74, 6) is 0. The van der Waals surface area contributed by atoms with E-state index in [-0.39, 0.29) is 6.03 Å². The molecule has 0 heterocycles. The Morgan fingerprint density at radius 2 is 2.11 bits per heavy atom. The Kier molecular flexibility index (Phi) is 4.20. The molecule has 1 aliphatic carbocycles. The summed E-state index contributed by atoms with van der Waals surface area (Å²) < 4.78 is 0. The Bertz CT molecular complexity index is 417. The Morgan fingerprint density at radius 3 is 2.89 bits per heavy atom. The number of urea groups is 1. The van der Waals surface area contributed by atoms with Crippen LogP contribution in [0.15, 0.2) is 24.3 Å². The topological polar surface area (TPSA) is 44.4 Å². The minimum atomic E-state index is -0.0383. The van der Waals surface area contributed by atoms with E-state index in [1.165, 1.54) is 11.1 Å². The second kappa shape index (κ2) is 5.87. The van der Waals surface area contributed by atoms with E-state index in [1.807, 2.05) is 0 Å². The molecule has 18 heavy (non-hydrogen) atoms. The first-order valence-electron chi connectivity index (χ1n) is 6.45. The molecule has 0 saturated carbocycles. The molecule has 1 unspecified atom stereocenters. The highest BCUT2D eigenvalue weighted by molar-refractivity contribution is 5.73.